The van der Waals surface area contributed by atoms with E-state index in [0.29, 0.717) is 24.3 Å². The molecule has 0 unspecified atom stereocenters. The number of anilines is 2. The number of nitrogens with one attached hydrogen (secondary N) is 1. The molecule has 1 aromatic heterocycles. The van der Waals surface area contributed by atoms with Gasteiger partial charge in [-0.1, -0.05) is 37.7 Å². The SMILES string of the molecule is CC(C)Cn1c(SCC(=O)Nc2ccccc2[N+](=O)[O-])nnc1N1CCOCC1. The minimum absolute atomic E-state index is 0.0748. The smallest absolute Gasteiger partial charge is 0.292 e. The second-order valence-corrected chi connectivity index (χ2v) is 7.94. The third kappa shape index (κ3) is 5.45. The Hall–Kier alpha value is -2.66. The fourth-order valence-electron chi connectivity index (χ4n) is 2.96. The Morgan fingerprint density at radius 3 is 2.72 bits per heavy atom. The molecule has 1 aliphatic heterocycles. The van der Waals surface area contributed by atoms with Crippen molar-refractivity contribution in [2.75, 3.05) is 42.3 Å². The largest absolute Gasteiger partial charge is 0.378 e. The van der Waals surface area contributed by atoms with Crippen LogP contribution in [0.1, 0.15) is 13.8 Å². The first-order valence-electron chi connectivity index (χ1n) is 9.37. The Morgan fingerprint density at radius 1 is 1.31 bits per heavy atom. The van der Waals surface area contributed by atoms with Gasteiger partial charge >= 0.3 is 0 Å². The fraction of sp³-hybridized carbons (Fsp3) is 0.500. The molecule has 0 spiro atoms. The highest BCUT2D eigenvalue weighted by molar-refractivity contribution is 7.99. The minimum Gasteiger partial charge on any atom is -0.378 e. The number of nitro benzene ring substituents is 1. The lowest BCUT2D eigenvalue weighted by Crippen LogP contribution is -2.38. The Morgan fingerprint density at radius 2 is 2.03 bits per heavy atom. The number of nitro groups is 1. The summed E-state index contributed by atoms with van der Waals surface area (Å²) in [7, 11) is 0. The van der Waals surface area contributed by atoms with Crippen LogP contribution in [0.15, 0.2) is 29.4 Å². The van der Waals surface area contributed by atoms with E-state index < -0.39 is 4.92 Å². The number of morpholine rings is 1. The molecule has 3 rings (SSSR count). The molecule has 1 aliphatic rings. The van der Waals surface area contributed by atoms with Gasteiger partial charge in [0.15, 0.2) is 5.16 Å². The standard InChI is InChI=1S/C18H24N6O4S/c1-13(2)11-23-17(22-7-9-28-10-8-22)20-21-18(23)29-12-16(25)19-14-5-3-4-6-15(14)24(26)27/h3-6,13H,7-12H2,1-2H3,(H,19,25). The maximum Gasteiger partial charge on any atom is 0.292 e. The summed E-state index contributed by atoms with van der Waals surface area (Å²) in [5, 5.41) is 23.0. The van der Waals surface area contributed by atoms with E-state index in [1.54, 1.807) is 12.1 Å². The third-order valence-corrected chi connectivity index (χ3v) is 5.21. The average molecular weight is 420 g/mol. The van der Waals surface area contributed by atoms with E-state index in [9.17, 15) is 14.9 Å². The number of nitrogens with zero attached hydrogens (tertiary/aromatic N) is 5. The maximum absolute atomic E-state index is 12.4. The lowest BCUT2D eigenvalue weighted by atomic mass is 10.2. The van der Waals surface area contributed by atoms with Gasteiger partial charge in [-0.15, -0.1) is 10.2 Å². The monoisotopic (exact) mass is 420 g/mol. The van der Waals surface area contributed by atoms with Crippen molar-refractivity contribution >= 4 is 35.0 Å². The lowest BCUT2D eigenvalue weighted by Gasteiger charge is -2.28. The summed E-state index contributed by atoms with van der Waals surface area (Å²) in [6.45, 7) is 7.74. The van der Waals surface area contributed by atoms with Crippen LogP contribution in [0.5, 0.6) is 0 Å². The van der Waals surface area contributed by atoms with Crippen LogP contribution in [-0.4, -0.2) is 57.7 Å². The zero-order valence-corrected chi connectivity index (χ0v) is 17.2. The summed E-state index contributed by atoms with van der Waals surface area (Å²) >= 11 is 1.27. The van der Waals surface area contributed by atoms with Crippen LogP contribution in [0.4, 0.5) is 17.3 Å². The first-order valence-corrected chi connectivity index (χ1v) is 10.4. The van der Waals surface area contributed by atoms with Gasteiger partial charge in [-0.25, -0.2) is 0 Å². The molecule has 1 aromatic carbocycles. The van der Waals surface area contributed by atoms with Crippen LogP contribution in [0, 0.1) is 16.0 Å². The van der Waals surface area contributed by atoms with Crippen LogP contribution in [-0.2, 0) is 16.1 Å². The van der Waals surface area contributed by atoms with E-state index in [-0.39, 0.29) is 23.0 Å². The number of hydrogen-bond acceptors (Lipinski definition) is 8. The van der Waals surface area contributed by atoms with Crippen molar-refractivity contribution in [2.45, 2.75) is 25.5 Å². The highest BCUT2D eigenvalue weighted by Gasteiger charge is 2.22. The molecule has 0 aliphatic carbocycles. The summed E-state index contributed by atoms with van der Waals surface area (Å²) in [5.74, 6) is 0.900. The third-order valence-electron chi connectivity index (χ3n) is 4.25. The molecule has 1 N–H and O–H groups in total. The molecular formula is C18H24N6O4S. The quantitative estimate of drug-likeness (QED) is 0.393. The molecule has 2 heterocycles. The Labute approximate surface area is 172 Å². The van der Waals surface area contributed by atoms with Gasteiger partial charge in [0, 0.05) is 25.7 Å². The average Bonchev–Trinajstić information content (AvgIpc) is 3.09. The maximum atomic E-state index is 12.4. The van der Waals surface area contributed by atoms with Crippen molar-refractivity contribution in [2.24, 2.45) is 5.92 Å². The van der Waals surface area contributed by atoms with E-state index in [4.69, 9.17) is 4.74 Å². The molecule has 1 saturated heterocycles. The van der Waals surface area contributed by atoms with Crippen LogP contribution >= 0.6 is 11.8 Å². The number of para-hydroxylation sites is 2. The van der Waals surface area contributed by atoms with Crippen LogP contribution in [0.2, 0.25) is 0 Å². The molecule has 0 atom stereocenters. The van der Waals surface area contributed by atoms with Gasteiger partial charge in [0.1, 0.15) is 5.69 Å². The zero-order chi connectivity index (χ0) is 20.8. The second kappa shape index (κ2) is 9.70. The predicted octanol–water partition coefficient (Wildman–Crippen LogP) is 2.41. The first kappa shape index (κ1) is 21.1. The molecule has 2 aromatic rings. The highest BCUT2D eigenvalue weighted by atomic mass is 32.2. The van der Waals surface area contributed by atoms with Crippen LogP contribution in [0.25, 0.3) is 0 Å². The molecule has 1 fully saturated rings. The van der Waals surface area contributed by atoms with Crippen molar-refractivity contribution in [1.29, 1.82) is 0 Å². The van der Waals surface area contributed by atoms with Crippen molar-refractivity contribution < 1.29 is 14.5 Å². The molecule has 0 bridgehead atoms. The van der Waals surface area contributed by atoms with Gasteiger partial charge in [0.25, 0.3) is 5.69 Å². The van der Waals surface area contributed by atoms with Gasteiger partial charge < -0.3 is 15.0 Å². The van der Waals surface area contributed by atoms with E-state index in [1.165, 1.54) is 23.9 Å². The van der Waals surface area contributed by atoms with Crippen molar-refractivity contribution in [3.8, 4) is 0 Å². The van der Waals surface area contributed by atoms with E-state index in [1.807, 2.05) is 4.57 Å². The van der Waals surface area contributed by atoms with E-state index in [0.717, 1.165) is 25.6 Å². The second-order valence-electron chi connectivity index (χ2n) is 7.00. The number of carbonyl (C=O) groups excluding carboxylic acids is 1. The summed E-state index contributed by atoms with van der Waals surface area (Å²) in [4.78, 5) is 25.1. The molecule has 0 saturated carbocycles. The van der Waals surface area contributed by atoms with Gasteiger partial charge in [0.2, 0.25) is 11.9 Å². The Bertz CT molecular complexity index is 866. The molecule has 11 heteroatoms. The Balaban J connectivity index is 1.69. The van der Waals surface area contributed by atoms with Gasteiger partial charge in [0.05, 0.1) is 23.9 Å². The number of amides is 1. The topological polar surface area (TPSA) is 115 Å². The van der Waals surface area contributed by atoms with Gasteiger partial charge in [-0.3, -0.25) is 19.5 Å². The normalized spacial score (nSPS) is 14.2. The van der Waals surface area contributed by atoms with Crippen LogP contribution < -0.4 is 10.2 Å². The van der Waals surface area contributed by atoms with Gasteiger partial charge in [-0.2, -0.15) is 0 Å². The summed E-state index contributed by atoms with van der Waals surface area (Å²) in [5.41, 5.74) is 0.0455. The molecule has 10 nitrogen and oxygen atoms in total. The summed E-state index contributed by atoms with van der Waals surface area (Å²) in [6, 6.07) is 6.07. The predicted molar refractivity (Wildman–Crippen MR) is 110 cm³/mol. The van der Waals surface area contributed by atoms with Crippen LogP contribution in [0.3, 0.4) is 0 Å². The molecule has 29 heavy (non-hydrogen) atoms. The summed E-state index contributed by atoms with van der Waals surface area (Å²) in [6.07, 6.45) is 0. The molecule has 1 amide bonds. The fourth-order valence-corrected chi connectivity index (χ4v) is 3.71. The van der Waals surface area contributed by atoms with E-state index in [2.05, 4.69) is 34.3 Å². The summed E-state index contributed by atoms with van der Waals surface area (Å²) < 4.78 is 7.43. The van der Waals surface area contributed by atoms with Crippen molar-refractivity contribution in [1.82, 2.24) is 14.8 Å². The number of benzene rings is 1. The van der Waals surface area contributed by atoms with Gasteiger partial charge in [-0.05, 0) is 12.0 Å². The molecular weight excluding hydrogens is 396 g/mol. The Kier molecular flexibility index (Phi) is 7.04. The number of thioether (sulfide) groups is 1. The first-order chi connectivity index (χ1) is 14.0. The number of rotatable bonds is 8. The van der Waals surface area contributed by atoms with Crippen molar-refractivity contribution in [3.63, 3.8) is 0 Å². The lowest BCUT2D eigenvalue weighted by molar-refractivity contribution is -0.383. The van der Waals surface area contributed by atoms with E-state index >= 15 is 0 Å². The zero-order valence-electron chi connectivity index (χ0n) is 16.4. The number of hydrogen-bond donors (Lipinski definition) is 1. The van der Waals surface area contributed by atoms with Crippen molar-refractivity contribution in [3.05, 3.63) is 34.4 Å². The molecule has 156 valence electrons. The number of aromatic nitrogens is 3. The highest BCUT2D eigenvalue weighted by Crippen LogP contribution is 2.26. The minimum atomic E-state index is -0.517. The number of ether oxygens (including phenoxy) is 1. The number of carbonyl (C=O) groups is 1. The molecule has 0 radical (unpaired) electrons.